The van der Waals surface area contributed by atoms with Crippen LogP contribution in [0.5, 0.6) is 0 Å². The van der Waals surface area contributed by atoms with Crippen LogP contribution >= 0.6 is 0 Å². The first kappa shape index (κ1) is 22.3. The van der Waals surface area contributed by atoms with Gasteiger partial charge in [-0.1, -0.05) is 13.8 Å². The molecule has 0 amide bonds. The van der Waals surface area contributed by atoms with Gasteiger partial charge in [0.05, 0.1) is 5.60 Å². The zero-order chi connectivity index (χ0) is 21.4. The third-order valence-electron chi connectivity index (χ3n) is 8.19. The number of fused-ring (bicyclic) bond motifs is 1. The number of carbonyl (C=O) groups excluding carboxylic acids is 3. The van der Waals surface area contributed by atoms with Crippen LogP contribution in [-0.2, 0) is 23.9 Å². The third-order valence-corrected chi connectivity index (χ3v) is 8.19. The Morgan fingerprint density at radius 1 is 1.07 bits per heavy atom. The molecule has 3 aliphatic carbocycles. The van der Waals surface area contributed by atoms with Crippen molar-refractivity contribution in [3.63, 3.8) is 0 Å². The second-order valence-electron chi connectivity index (χ2n) is 10.1. The number of aliphatic hydroxyl groups is 1. The zero-order valence-electron chi connectivity index (χ0n) is 18.3. The lowest BCUT2D eigenvalue weighted by Gasteiger charge is -2.57. The van der Waals surface area contributed by atoms with Gasteiger partial charge in [0.25, 0.3) is 0 Å². The van der Waals surface area contributed by atoms with Crippen molar-refractivity contribution in [3.05, 3.63) is 0 Å². The molecule has 3 saturated carbocycles. The molecule has 3 aliphatic rings. The molecule has 1 N–H and O–H groups in total. The molecule has 0 heterocycles. The van der Waals surface area contributed by atoms with Crippen molar-refractivity contribution in [2.75, 3.05) is 0 Å². The predicted molar refractivity (Wildman–Crippen MR) is 107 cm³/mol. The van der Waals surface area contributed by atoms with Crippen molar-refractivity contribution < 1.29 is 29.0 Å². The minimum absolute atomic E-state index is 0.0925. The first-order chi connectivity index (χ1) is 13.5. The molecule has 6 atom stereocenters. The van der Waals surface area contributed by atoms with Gasteiger partial charge < -0.3 is 14.6 Å². The van der Waals surface area contributed by atoms with E-state index in [1.165, 1.54) is 13.8 Å². The average molecular weight is 409 g/mol. The Morgan fingerprint density at radius 2 is 1.76 bits per heavy atom. The molecule has 0 radical (unpaired) electrons. The summed E-state index contributed by atoms with van der Waals surface area (Å²) in [7, 11) is 0. The van der Waals surface area contributed by atoms with Crippen molar-refractivity contribution in [1.29, 1.82) is 0 Å². The fourth-order valence-electron chi connectivity index (χ4n) is 6.33. The molecule has 0 saturated heterocycles. The summed E-state index contributed by atoms with van der Waals surface area (Å²) in [6, 6.07) is 0. The Kier molecular flexibility index (Phi) is 6.15. The van der Waals surface area contributed by atoms with Gasteiger partial charge in [0.15, 0.2) is 0 Å². The van der Waals surface area contributed by atoms with E-state index in [9.17, 15) is 19.5 Å². The highest BCUT2D eigenvalue weighted by atomic mass is 16.5. The number of ketones is 1. The van der Waals surface area contributed by atoms with Gasteiger partial charge in [-0.2, -0.15) is 0 Å². The highest BCUT2D eigenvalue weighted by Crippen LogP contribution is 2.57. The molecule has 0 aromatic heterocycles. The third kappa shape index (κ3) is 4.23. The number of carbonyl (C=O) groups is 3. The van der Waals surface area contributed by atoms with E-state index in [-0.39, 0.29) is 41.3 Å². The number of rotatable bonds is 5. The van der Waals surface area contributed by atoms with Gasteiger partial charge >= 0.3 is 11.9 Å². The first-order valence-electron chi connectivity index (χ1n) is 11.1. The van der Waals surface area contributed by atoms with Crippen LogP contribution in [0.15, 0.2) is 0 Å². The number of hydrogen-bond donors (Lipinski definition) is 1. The lowest BCUT2D eigenvalue weighted by atomic mass is 9.51. The summed E-state index contributed by atoms with van der Waals surface area (Å²) in [5.74, 6) is -0.554. The monoisotopic (exact) mass is 408 g/mol. The van der Waals surface area contributed by atoms with Gasteiger partial charge in [-0.15, -0.1) is 0 Å². The molecule has 0 aromatic carbocycles. The highest BCUT2D eigenvalue weighted by Gasteiger charge is 2.59. The maximum absolute atomic E-state index is 12.9. The Bertz CT molecular complexity index is 674. The zero-order valence-corrected chi connectivity index (χ0v) is 18.3. The van der Waals surface area contributed by atoms with E-state index in [1.54, 1.807) is 0 Å². The molecule has 0 spiro atoms. The van der Waals surface area contributed by atoms with Gasteiger partial charge in [-0.05, 0) is 51.4 Å². The van der Waals surface area contributed by atoms with E-state index in [0.29, 0.717) is 38.5 Å². The maximum atomic E-state index is 12.9. The van der Waals surface area contributed by atoms with Gasteiger partial charge in [-0.25, -0.2) is 0 Å². The van der Waals surface area contributed by atoms with Crippen LogP contribution in [0.3, 0.4) is 0 Å². The van der Waals surface area contributed by atoms with Crippen molar-refractivity contribution in [1.82, 2.24) is 0 Å². The quantitative estimate of drug-likeness (QED) is 0.697. The van der Waals surface area contributed by atoms with Crippen LogP contribution in [-0.4, -0.2) is 40.6 Å². The summed E-state index contributed by atoms with van der Waals surface area (Å²) in [5, 5.41) is 11.5. The molecule has 3 rings (SSSR count). The Morgan fingerprint density at radius 3 is 2.41 bits per heavy atom. The Balaban J connectivity index is 1.74. The van der Waals surface area contributed by atoms with E-state index in [2.05, 4.69) is 6.92 Å². The van der Waals surface area contributed by atoms with Crippen LogP contribution < -0.4 is 0 Å². The van der Waals surface area contributed by atoms with Gasteiger partial charge in [0.2, 0.25) is 0 Å². The molecule has 6 nitrogen and oxygen atoms in total. The summed E-state index contributed by atoms with van der Waals surface area (Å²) < 4.78 is 11.0. The van der Waals surface area contributed by atoms with Crippen molar-refractivity contribution in [2.24, 2.45) is 16.7 Å². The summed E-state index contributed by atoms with van der Waals surface area (Å²) in [4.78, 5) is 35.8. The van der Waals surface area contributed by atoms with Crippen molar-refractivity contribution >= 4 is 17.7 Å². The number of hydrogen-bond acceptors (Lipinski definition) is 6. The van der Waals surface area contributed by atoms with Crippen LogP contribution in [0.2, 0.25) is 0 Å². The van der Waals surface area contributed by atoms with Gasteiger partial charge in [0.1, 0.15) is 18.0 Å². The summed E-state index contributed by atoms with van der Waals surface area (Å²) in [6.45, 7) is 7.05. The average Bonchev–Trinajstić information content (AvgIpc) is 2.96. The fourth-order valence-corrected chi connectivity index (χ4v) is 6.33. The molecule has 6 heteroatoms. The van der Waals surface area contributed by atoms with E-state index in [4.69, 9.17) is 9.47 Å². The SMILES string of the molecule is CC(=O)O[C@H]1CC[C@]2(C)[C@@H](CC[C@@]3(C)CCC[C@@H]3OC(C)=O)C(=O)CC[C@@]2(O)C1. The molecular formula is C23H36O6. The second-order valence-corrected chi connectivity index (χ2v) is 10.1. The number of ether oxygens (including phenoxy) is 2. The van der Waals surface area contributed by atoms with E-state index in [0.717, 1.165) is 25.7 Å². The number of Topliss-reactive ketones (excluding diaryl/α,β-unsaturated/α-hetero) is 1. The van der Waals surface area contributed by atoms with Crippen molar-refractivity contribution in [2.45, 2.75) is 110 Å². The normalized spacial score (nSPS) is 42.2. The second kappa shape index (κ2) is 8.01. The topological polar surface area (TPSA) is 89.9 Å². The molecule has 29 heavy (non-hydrogen) atoms. The summed E-state index contributed by atoms with van der Waals surface area (Å²) in [5.41, 5.74) is -1.62. The predicted octanol–water partition coefficient (Wildman–Crippen LogP) is 3.72. The minimum Gasteiger partial charge on any atom is -0.462 e. The van der Waals surface area contributed by atoms with Crippen LogP contribution in [0.25, 0.3) is 0 Å². The summed E-state index contributed by atoms with van der Waals surface area (Å²) >= 11 is 0. The van der Waals surface area contributed by atoms with Crippen LogP contribution in [0.4, 0.5) is 0 Å². The largest absolute Gasteiger partial charge is 0.462 e. The van der Waals surface area contributed by atoms with E-state index >= 15 is 0 Å². The highest BCUT2D eigenvalue weighted by molar-refractivity contribution is 5.83. The smallest absolute Gasteiger partial charge is 0.302 e. The van der Waals surface area contributed by atoms with Crippen LogP contribution in [0.1, 0.15) is 91.9 Å². The lowest BCUT2D eigenvalue weighted by molar-refractivity contribution is -0.197. The van der Waals surface area contributed by atoms with Gasteiger partial charge in [-0.3, -0.25) is 14.4 Å². The van der Waals surface area contributed by atoms with E-state index < -0.39 is 11.0 Å². The number of esters is 2. The summed E-state index contributed by atoms with van der Waals surface area (Å²) in [6.07, 6.45) is 6.57. The first-order valence-corrected chi connectivity index (χ1v) is 11.1. The standard InChI is InChI=1S/C23H36O6/c1-15(24)28-17-7-12-22(4)18(19(26)9-13-23(22,27)14-17)8-11-21(3)10-5-6-20(21)29-16(2)25/h17-18,20,27H,5-14H2,1-4H3/t17-,18-,20-,21+,22+,23+/m0/s1. The lowest BCUT2D eigenvalue weighted by Crippen LogP contribution is -2.60. The molecule has 164 valence electrons. The molecular weight excluding hydrogens is 372 g/mol. The Hall–Kier alpha value is -1.43. The van der Waals surface area contributed by atoms with Gasteiger partial charge in [0, 0.05) is 43.4 Å². The van der Waals surface area contributed by atoms with Crippen LogP contribution in [0, 0.1) is 16.7 Å². The molecule has 0 unspecified atom stereocenters. The molecule has 3 fully saturated rings. The molecule has 0 bridgehead atoms. The minimum atomic E-state index is -0.990. The van der Waals surface area contributed by atoms with Crippen molar-refractivity contribution in [3.8, 4) is 0 Å². The molecule has 0 aromatic rings. The Labute approximate surface area is 173 Å². The van der Waals surface area contributed by atoms with E-state index in [1.807, 2.05) is 6.92 Å². The fraction of sp³-hybridized carbons (Fsp3) is 0.870. The maximum Gasteiger partial charge on any atom is 0.302 e. The molecule has 0 aliphatic heterocycles.